The zero-order valence-electron chi connectivity index (χ0n) is 19.7. The largest absolute Gasteiger partial charge is 0.352 e. The van der Waals surface area contributed by atoms with Crippen LogP contribution in [0.1, 0.15) is 5.56 Å². The Hall–Kier alpha value is -4.44. The summed E-state index contributed by atoms with van der Waals surface area (Å²) >= 11 is 0. The molecule has 0 unspecified atom stereocenters. The van der Waals surface area contributed by atoms with Gasteiger partial charge in [0.25, 0.3) is 0 Å². The summed E-state index contributed by atoms with van der Waals surface area (Å²) in [4.78, 5) is 16.6. The fraction of sp³-hybridized carbons (Fsp3) is 0.111. The molecular weight excluding hydrogens is 491 g/mol. The number of benzene rings is 1. The molecule has 0 aliphatic heterocycles. The Morgan fingerprint density at radius 2 is 1.76 bits per heavy atom. The third-order valence-electron chi connectivity index (χ3n) is 6.21. The number of nitrogens with zero attached hydrogens (tertiary/aromatic N) is 4. The number of fused-ring (bicyclic) bond motifs is 2. The van der Waals surface area contributed by atoms with Crippen LogP contribution in [-0.2, 0) is 16.3 Å². The van der Waals surface area contributed by atoms with Crippen molar-refractivity contribution in [2.75, 3.05) is 12.0 Å². The molecule has 37 heavy (non-hydrogen) atoms. The zero-order chi connectivity index (χ0) is 25.6. The third-order valence-corrected chi connectivity index (χ3v) is 7.16. The highest BCUT2D eigenvalue weighted by molar-refractivity contribution is 7.90. The molecule has 0 aliphatic rings. The molecule has 0 saturated heterocycles. The second kappa shape index (κ2) is 8.90. The van der Waals surface area contributed by atoms with Crippen molar-refractivity contribution < 1.29 is 12.8 Å². The molecule has 0 spiro atoms. The van der Waals surface area contributed by atoms with Gasteiger partial charge in [0.1, 0.15) is 26.9 Å². The third kappa shape index (κ3) is 4.58. The van der Waals surface area contributed by atoms with Crippen molar-refractivity contribution in [1.29, 1.82) is 0 Å². The van der Waals surface area contributed by atoms with E-state index in [-0.39, 0.29) is 12.2 Å². The molecule has 1 aromatic carbocycles. The molecule has 0 fully saturated rings. The van der Waals surface area contributed by atoms with Crippen molar-refractivity contribution in [3.63, 3.8) is 0 Å². The first kappa shape index (κ1) is 23.0. The normalized spacial score (nSPS) is 11.9. The first-order valence-electron chi connectivity index (χ1n) is 11.5. The molecule has 0 saturated carbocycles. The number of aromatic nitrogens is 6. The van der Waals surface area contributed by atoms with Gasteiger partial charge in [-0.25, -0.2) is 17.8 Å². The smallest absolute Gasteiger partial charge is 0.147 e. The number of pyridine rings is 3. The zero-order valence-corrected chi connectivity index (χ0v) is 20.6. The fourth-order valence-electron chi connectivity index (χ4n) is 4.43. The highest BCUT2D eigenvalue weighted by Crippen LogP contribution is 2.34. The van der Waals surface area contributed by atoms with Gasteiger partial charge in [0.05, 0.1) is 34.4 Å². The highest BCUT2D eigenvalue weighted by atomic mass is 32.2. The Morgan fingerprint density at radius 1 is 0.919 bits per heavy atom. The highest BCUT2D eigenvalue weighted by Gasteiger charge is 2.16. The van der Waals surface area contributed by atoms with Crippen LogP contribution in [0.4, 0.5) is 4.39 Å². The second-order valence-electron chi connectivity index (χ2n) is 8.96. The van der Waals surface area contributed by atoms with Crippen molar-refractivity contribution in [2.45, 2.75) is 6.42 Å². The molecular formula is C27H21FN6O2S. The summed E-state index contributed by atoms with van der Waals surface area (Å²) in [6, 6.07) is 14.2. The second-order valence-corrected chi connectivity index (χ2v) is 11.2. The van der Waals surface area contributed by atoms with Gasteiger partial charge in [0.2, 0.25) is 0 Å². The molecule has 0 aliphatic carbocycles. The maximum atomic E-state index is 14.5. The fourth-order valence-corrected chi connectivity index (χ4v) is 5.04. The quantitative estimate of drug-likeness (QED) is 0.326. The van der Waals surface area contributed by atoms with Gasteiger partial charge in [0.15, 0.2) is 0 Å². The lowest BCUT2D eigenvalue weighted by atomic mass is 10.0. The molecule has 0 atom stereocenters. The lowest BCUT2D eigenvalue weighted by Gasteiger charge is -2.07. The van der Waals surface area contributed by atoms with Crippen molar-refractivity contribution in [3.05, 3.63) is 84.7 Å². The van der Waals surface area contributed by atoms with E-state index in [0.29, 0.717) is 22.3 Å². The van der Waals surface area contributed by atoms with E-state index in [9.17, 15) is 12.8 Å². The number of aryl methyl sites for hydroxylation is 1. The molecule has 0 radical (unpaired) electrons. The summed E-state index contributed by atoms with van der Waals surface area (Å²) in [5.74, 6) is -0.479. The Balaban J connectivity index is 1.44. The van der Waals surface area contributed by atoms with Crippen LogP contribution in [0.2, 0.25) is 0 Å². The van der Waals surface area contributed by atoms with E-state index < -0.39 is 15.7 Å². The average molecular weight is 513 g/mol. The van der Waals surface area contributed by atoms with E-state index >= 15 is 0 Å². The summed E-state index contributed by atoms with van der Waals surface area (Å²) in [6.45, 7) is 0. The van der Waals surface area contributed by atoms with Crippen molar-refractivity contribution in [2.24, 2.45) is 0 Å². The van der Waals surface area contributed by atoms with Gasteiger partial charge in [-0.1, -0.05) is 6.07 Å². The van der Waals surface area contributed by atoms with Crippen LogP contribution in [0.3, 0.4) is 0 Å². The number of halogens is 1. The van der Waals surface area contributed by atoms with Gasteiger partial charge < -0.3 is 4.98 Å². The molecule has 6 rings (SSSR count). The van der Waals surface area contributed by atoms with E-state index in [1.807, 2.05) is 36.4 Å². The predicted molar refractivity (Wildman–Crippen MR) is 141 cm³/mol. The molecule has 5 heterocycles. The first-order valence-corrected chi connectivity index (χ1v) is 13.6. The minimum atomic E-state index is -3.17. The van der Waals surface area contributed by atoms with Gasteiger partial charge in [-0.2, -0.15) is 5.10 Å². The van der Waals surface area contributed by atoms with E-state index in [2.05, 4.69) is 25.1 Å². The number of sulfone groups is 1. The Labute approximate surface area is 211 Å². The summed E-state index contributed by atoms with van der Waals surface area (Å²) in [6.07, 6.45) is 8.24. The van der Waals surface area contributed by atoms with Crippen LogP contribution >= 0.6 is 0 Å². The molecule has 10 heteroatoms. The number of hydrogen-bond acceptors (Lipinski definition) is 6. The molecule has 6 aromatic rings. The minimum Gasteiger partial charge on any atom is -0.352 e. The van der Waals surface area contributed by atoms with E-state index in [1.54, 1.807) is 24.8 Å². The maximum Gasteiger partial charge on any atom is 0.147 e. The number of hydrogen-bond donors (Lipinski definition) is 2. The Kier molecular flexibility index (Phi) is 5.53. The lowest BCUT2D eigenvalue weighted by molar-refractivity contribution is 0.600. The van der Waals surface area contributed by atoms with Crippen LogP contribution in [0.15, 0.2) is 73.3 Å². The van der Waals surface area contributed by atoms with Crippen LogP contribution in [0.25, 0.3) is 55.7 Å². The standard InChI is InChI=1S/C27H21FN6O2S/c1-37(35,36)9-6-16-10-18(12-19(28)11-16)21-14-30-15-25-20(21)13-24(31-25)27-26-23(33-34-27)3-2-22(32-26)17-4-7-29-8-5-17/h2-5,7-8,10-15,31H,6,9H2,1H3,(H,33,34). The maximum absolute atomic E-state index is 14.5. The SMILES string of the molecule is CS(=O)(=O)CCc1cc(F)cc(-c2cncc3[nH]c(-c4n[nH]c5ccc(-c6ccncc6)nc45)cc23)c1. The molecule has 0 amide bonds. The number of aromatic amines is 2. The van der Waals surface area contributed by atoms with Gasteiger partial charge in [-0.3, -0.25) is 15.1 Å². The molecule has 2 N–H and O–H groups in total. The predicted octanol–water partition coefficient (Wildman–Crippen LogP) is 4.96. The lowest BCUT2D eigenvalue weighted by Crippen LogP contribution is -2.06. The summed E-state index contributed by atoms with van der Waals surface area (Å²) in [7, 11) is -3.17. The van der Waals surface area contributed by atoms with Crippen LogP contribution in [0.5, 0.6) is 0 Å². The number of rotatable bonds is 6. The summed E-state index contributed by atoms with van der Waals surface area (Å²) in [5.41, 5.74) is 7.37. The van der Waals surface area contributed by atoms with Crippen LogP contribution in [-0.4, -0.2) is 50.6 Å². The van der Waals surface area contributed by atoms with Crippen molar-refractivity contribution >= 4 is 31.8 Å². The average Bonchev–Trinajstić information content (AvgIpc) is 3.51. The van der Waals surface area contributed by atoms with Gasteiger partial charge in [-0.05, 0) is 60.0 Å². The van der Waals surface area contributed by atoms with Gasteiger partial charge in [-0.15, -0.1) is 0 Å². The van der Waals surface area contributed by atoms with Gasteiger partial charge in [0, 0.05) is 41.4 Å². The number of H-pyrrole nitrogens is 2. The van der Waals surface area contributed by atoms with Crippen LogP contribution < -0.4 is 0 Å². The van der Waals surface area contributed by atoms with E-state index in [0.717, 1.165) is 38.9 Å². The number of nitrogens with one attached hydrogen (secondary N) is 2. The molecule has 184 valence electrons. The van der Waals surface area contributed by atoms with Crippen molar-refractivity contribution in [1.82, 2.24) is 30.1 Å². The Morgan fingerprint density at radius 3 is 2.57 bits per heavy atom. The summed E-state index contributed by atoms with van der Waals surface area (Å²) in [5, 5.41) is 8.38. The molecule has 0 bridgehead atoms. The summed E-state index contributed by atoms with van der Waals surface area (Å²) < 4.78 is 37.7. The van der Waals surface area contributed by atoms with Gasteiger partial charge >= 0.3 is 0 Å². The van der Waals surface area contributed by atoms with E-state index in [4.69, 9.17) is 4.98 Å². The van der Waals surface area contributed by atoms with Crippen LogP contribution in [0, 0.1) is 5.82 Å². The minimum absolute atomic E-state index is 0.0483. The molecule has 5 aromatic heterocycles. The first-order chi connectivity index (χ1) is 17.8. The topological polar surface area (TPSA) is 117 Å². The Bertz CT molecular complexity index is 1880. The van der Waals surface area contributed by atoms with Crippen molar-refractivity contribution in [3.8, 4) is 33.8 Å². The van der Waals surface area contributed by atoms with E-state index in [1.165, 1.54) is 18.4 Å². The molecule has 8 nitrogen and oxygen atoms in total. The monoisotopic (exact) mass is 512 g/mol.